The quantitative estimate of drug-likeness (QED) is 0.649. The highest BCUT2D eigenvalue weighted by Gasteiger charge is 2.05. The standard InChI is InChI=1S/C21H21N3O2/c1-16-9-11-19(12-10-16)26-13-5-8-20(25)24-18-14-22-21(23-15-18)17-6-3-2-4-7-17/h2-4,6-7,9-12,14-15H,5,8,13H2,1H3,(H,24,25). The molecule has 26 heavy (non-hydrogen) atoms. The number of benzene rings is 2. The zero-order valence-electron chi connectivity index (χ0n) is 14.7. The third-order valence-corrected chi connectivity index (χ3v) is 3.81. The van der Waals surface area contributed by atoms with E-state index in [4.69, 9.17) is 4.74 Å². The van der Waals surface area contributed by atoms with Crippen molar-refractivity contribution in [2.75, 3.05) is 11.9 Å². The molecule has 3 rings (SSSR count). The fraction of sp³-hybridized carbons (Fsp3) is 0.190. The van der Waals surface area contributed by atoms with E-state index in [2.05, 4.69) is 15.3 Å². The van der Waals surface area contributed by atoms with Gasteiger partial charge in [-0.3, -0.25) is 4.79 Å². The van der Waals surface area contributed by atoms with Crippen LogP contribution in [0.5, 0.6) is 5.75 Å². The summed E-state index contributed by atoms with van der Waals surface area (Å²) in [6.07, 6.45) is 4.26. The van der Waals surface area contributed by atoms with Crippen LogP contribution in [0.2, 0.25) is 0 Å². The van der Waals surface area contributed by atoms with Gasteiger partial charge in [0.1, 0.15) is 5.75 Å². The summed E-state index contributed by atoms with van der Waals surface area (Å²) < 4.78 is 5.62. The first-order chi connectivity index (χ1) is 12.7. The van der Waals surface area contributed by atoms with Crippen molar-refractivity contribution < 1.29 is 9.53 Å². The molecule has 2 aromatic carbocycles. The molecular formula is C21H21N3O2. The second-order valence-corrected chi connectivity index (χ2v) is 5.97. The molecule has 0 aliphatic rings. The van der Waals surface area contributed by atoms with Gasteiger partial charge in [-0.1, -0.05) is 48.0 Å². The number of hydrogen-bond donors (Lipinski definition) is 1. The van der Waals surface area contributed by atoms with E-state index in [9.17, 15) is 4.79 Å². The first-order valence-corrected chi connectivity index (χ1v) is 8.57. The van der Waals surface area contributed by atoms with Crippen LogP contribution in [0.1, 0.15) is 18.4 Å². The number of rotatable bonds is 7. The van der Waals surface area contributed by atoms with Crippen LogP contribution in [0, 0.1) is 6.92 Å². The molecule has 1 heterocycles. The molecule has 5 heteroatoms. The van der Waals surface area contributed by atoms with Gasteiger partial charge in [0.25, 0.3) is 0 Å². The number of aryl methyl sites for hydroxylation is 1. The molecule has 3 aromatic rings. The Morgan fingerprint density at radius 2 is 1.69 bits per heavy atom. The predicted molar refractivity (Wildman–Crippen MR) is 102 cm³/mol. The first-order valence-electron chi connectivity index (χ1n) is 8.57. The van der Waals surface area contributed by atoms with Gasteiger partial charge in [-0.15, -0.1) is 0 Å². The number of carbonyl (C=O) groups excluding carboxylic acids is 1. The lowest BCUT2D eigenvalue weighted by Gasteiger charge is -2.07. The molecule has 0 fully saturated rings. The van der Waals surface area contributed by atoms with Crippen LogP contribution in [0.25, 0.3) is 11.4 Å². The summed E-state index contributed by atoms with van der Waals surface area (Å²) in [5.41, 5.74) is 2.73. The summed E-state index contributed by atoms with van der Waals surface area (Å²) in [6.45, 7) is 2.53. The van der Waals surface area contributed by atoms with Crippen molar-refractivity contribution in [3.63, 3.8) is 0 Å². The Balaban J connectivity index is 1.42. The number of anilines is 1. The minimum absolute atomic E-state index is 0.0754. The third kappa shape index (κ3) is 5.14. The van der Waals surface area contributed by atoms with E-state index in [1.807, 2.05) is 61.5 Å². The lowest BCUT2D eigenvalue weighted by Crippen LogP contribution is -2.13. The Kier molecular flexibility index (Phi) is 5.93. The average molecular weight is 347 g/mol. The monoisotopic (exact) mass is 347 g/mol. The number of amides is 1. The fourth-order valence-electron chi connectivity index (χ4n) is 2.41. The minimum Gasteiger partial charge on any atom is -0.494 e. The maximum Gasteiger partial charge on any atom is 0.224 e. The zero-order valence-corrected chi connectivity index (χ0v) is 14.7. The van der Waals surface area contributed by atoms with Crippen LogP contribution >= 0.6 is 0 Å². The Morgan fingerprint density at radius 3 is 2.38 bits per heavy atom. The number of ether oxygens (including phenoxy) is 1. The molecule has 0 unspecified atom stereocenters. The molecule has 1 amide bonds. The van der Waals surface area contributed by atoms with Gasteiger partial charge in [0.15, 0.2) is 5.82 Å². The SMILES string of the molecule is Cc1ccc(OCCCC(=O)Nc2cnc(-c3ccccc3)nc2)cc1. The van der Waals surface area contributed by atoms with E-state index in [1.165, 1.54) is 5.56 Å². The van der Waals surface area contributed by atoms with Gasteiger partial charge in [-0.2, -0.15) is 0 Å². The van der Waals surface area contributed by atoms with Crippen LogP contribution in [-0.4, -0.2) is 22.5 Å². The predicted octanol–water partition coefficient (Wildman–Crippen LogP) is 4.25. The summed E-state index contributed by atoms with van der Waals surface area (Å²) in [5.74, 6) is 1.38. The van der Waals surface area contributed by atoms with Crippen LogP contribution in [0.3, 0.4) is 0 Å². The van der Waals surface area contributed by atoms with E-state index in [-0.39, 0.29) is 5.91 Å². The maximum atomic E-state index is 12.0. The number of nitrogens with one attached hydrogen (secondary N) is 1. The lowest BCUT2D eigenvalue weighted by atomic mass is 10.2. The van der Waals surface area contributed by atoms with Crippen molar-refractivity contribution in [2.24, 2.45) is 0 Å². The number of hydrogen-bond acceptors (Lipinski definition) is 4. The fourth-order valence-corrected chi connectivity index (χ4v) is 2.41. The Morgan fingerprint density at radius 1 is 1.00 bits per heavy atom. The molecule has 0 spiro atoms. The molecule has 0 aliphatic heterocycles. The normalized spacial score (nSPS) is 10.3. The van der Waals surface area contributed by atoms with E-state index in [1.54, 1.807) is 12.4 Å². The summed E-state index contributed by atoms with van der Waals surface area (Å²) in [7, 11) is 0. The molecule has 132 valence electrons. The van der Waals surface area contributed by atoms with Crippen molar-refractivity contribution in [1.29, 1.82) is 0 Å². The van der Waals surface area contributed by atoms with Crippen molar-refractivity contribution >= 4 is 11.6 Å². The molecule has 0 saturated heterocycles. The average Bonchev–Trinajstić information content (AvgIpc) is 2.68. The van der Waals surface area contributed by atoms with Crippen LogP contribution in [0.15, 0.2) is 67.0 Å². The summed E-state index contributed by atoms with van der Waals surface area (Å²) in [4.78, 5) is 20.6. The summed E-state index contributed by atoms with van der Waals surface area (Å²) in [6, 6.07) is 17.6. The van der Waals surface area contributed by atoms with Crippen LogP contribution < -0.4 is 10.1 Å². The van der Waals surface area contributed by atoms with E-state index < -0.39 is 0 Å². The second-order valence-electron chi connectivity index (χ2n) is 5.97. The van der Waals surface area contributed by atoms with E-state index in [0.29, 0.717) is 31.0 Å². The van der Waals surface area contributed by atoms with Crippen molar-refractivity contribution in [1.82, 2.24) is 9.97 Å². The lowest BCUT2D eigenvalue weighted by molar-refractivity contribution is -0.116. The number of nitrogens with zero attached hydrogens (tertiary/aromatic N) is 2. The van der Waals surface area contributed by atoms with E-state index >= 15 is 0 Å². The topological polar surface area (TPSA) is 64.1 Å². The molecule has 5 nitrogen and oxygen atoms in total. The van der Waals surface area contributed by atoms with Gasteiger partial charge in [0, 0.05) is 12.0 Å². The van der Waals surface area contributed by atoms with Crippen molar-refractivity contribution in [3.8, 4) is 17.1 Å². The van der Waals surface area contributed by atoms with Crippen LogP contribution in [0.4, 0.5) is 5.69 Å². The second kappa shape index (κ2) is 8.76. The minimum atomic E-state index is -0.0754. The molecule has 0 atom stereocenters. The number of carbonyl (C=O) groups is 1. The Hall–Kier alpha value is -3.21. The van der Waals surface area contributed by atoms with Gasteiger partial charge < -0.3 is 10.1 Å². The summed E-state index contributed by atoms with van der Waals surface area (Å²) in [5, 5.41) is 2.81. The molecule has 0 bridgehead atoms. The van der Waals surface area contributed by atoms with Crippen LogP contribution in [-0.2, 0) is 4.79 Å². The first kappa shape index (κ1) is 17.6. The van der Waals surface area contributed by atoms with Gasteiger partial charge in [-0.05, 0) is 25.5 Å². The van der Waals surface area contributed by atoms with Gasteiger partial charge in [0.05, 0.1) is 24.7 Å². The maximum absolute atomic E-state index is 12.0. The highest BCUT2D eigenvalue weighted by Crippen LogP contribution is 2.15. The van der Waals surface area contributed by atoms with Gasteiger partial charge >= 0.3 is 0 Å². The molecule has 0 radical (unpaired) electrons. The van der Waals surface area contributed by atoms with Gasteiger partial charge in [-0.25, -0.2) is 9.97 Å². The molecule has 1 aromatic heterocycles. The van der Waals surface area contributed by atoms with Crippen molar-refractivity contribution in [2.45, 2.75) is 19.8 Å². The molecule has 0 aliphatic carbocycles. The third-order valence-electron chi connectivity index (χ3n) is 3.81. The number of aromatic nitrogens is 2. The smallest absolute Gasteiger partial charge is 0.224 e. The Labute approximate surface area is 153 Å². The molecule has 0 saturated carbocycles. The highest BCUT2D eigenvalue weighted by atomic mass is 16.5. The Bertz CT molecular complexity index is 831. The van der Waals surface area contributed by atoms with Crippen molar-refractivity contribution in [3.05, 3.63) is 72.6 Å². The van der Waals surface area contributed by atoms with Gasteiger partial charge in [0.2, 0.25) is 5.91 Å². The zero-order chi connectivity index (χ0) is 18.2. The highest BCUT2D eigenvalue weighted by molar-refractivity contribution is 5.90. The van der Waals surface area contributed by atoms with E-state index in [0.717, 1.165) is 11.3 Å². The summed E-state index contributed by atoms with van der Waals surface area (Å²) >= 11 is 0. The largest absolute Gasteiger partial charge is 0.494 e. The molecule has 1 N–H and O–H groups in total. The molecular weight excluding hydrogens is 326 g/mol.